The van der Waals surface area contributed by atoms with Crippen LogP contribution in [0.4, 0.5) is 30.5 Å². The number of anilines is 3. The average Bonchev–Trinajstić information content (AvgIpc) is 3.30. The molecule has 1 aliphatic heterocycles. The average molecular weight is 491 g/mol. The zero-order chi connectivity index (χ0) is 24.5. The first-order chi connectivity index (χ1) is 16.2. The second-order valence-electron chi connectivity index (χ2n) is 8.13. The van der Waals surface area contributed by atoms with Crippen molar-refractivity contribution in [2.45, 2.75) is 19.5 Å². The molecule has 180 valence electrons. The lowest BCUT2D eigenvalue weighted by molar-refractivity contribution is -0.137. The van der Waals surface area contributed by atoms with E-state index in [1.165, 1.54) is 11.4 Å². The molecule has 1 fully saturated rings. The van der Waals surface area contributed by atoms with Gasteiger partial charge in [0.25, 0.3) is 0 Å². The summed E-state index contributed by atoms with van der Waals surface area (Å²) in [7, 11) is 2.10. The third-order valence-corrected chi connectivity index (χ3v) is 6.73. The number of amides is 1. The molecule has 0 unspecified atom stereocenters. The largest absolute Gasteiger partial charge is 0.420 e. The Morgan fingerprint density at radius 3 is 2.56 bits per heavy atom. The van der Waals surface area contributed by atoms with Gasteiger partial charge in [0.2, 0.25) is 11.9 Å². The third kappa shape index (κ3) is 5.15. The van der Waals surface area contributed by atoms with Gasteiger partial charge in [-0.05, 0) is 43.3 Å². The van der Waals surface area contributed by atoms with Crippen LogP contribution in [0.3, 0.4) is 0 Å². The number of primary amides is 1. The van der Waals surface area contributed by atoms with Crippen molar-refractivity contribution in [2.75, 3.05) is 43.4 Å². The summed E-state index contributed by atoms with van der Waals surface area (Å²) in [5.41, 5.74) is 6.97. The molecule has 3 N–H and O–H groups in total. The topological polar surface area (TPSA) is 87.4 Å². The number of rotatable bonds is 6. The third-order valence-electron chi connectivity index (χ3n) is 5.80. The molecule has 0 aliphatic carbocycles. The lowest BCUT2D eigenvalue weighted by Crippen LogP contribution is -2.44. The number of carbonyl (C=O) groups excluding carboxylic acids is 1. The van der Waals surface area contributed by atoms with Crippen LogP contribution >= 0.6 is 11.3 Å². The molecule has 1 amide bonds. The molecular formula is C23H25F3N6OS. The number of nitrogens with zero attached hydrogens (tertiary/aromatic N) is 4. The Balaban J connectivity index is 1.65. The maximum absolute atomic E-state index is 13.6. The van der Waals surface area contributed by atoms with Gasteiger partial charge in [-0.3, -0.25) is 4.79 Å². The van der Waals surface area contributed by atoms with Gasteiger partial charge in [0.15, 0.2) is 0 Å². The van der Waals surface area contributed by atoms with E-state index in [9.17, 15) is 18.0 Å². The number of hydrogen-bond acceptors (Lipinski definition) is 7. The van der Waals surface area contributed by atoms with Gasteiger partial charge in [0.1, 0.15) is 5.56 Å². The highest BCUT2D eigenvalue weighted by atomic mass is 32.1. The Kier molecular flexibility index (Phi) is 6.76. The minimum Gasteiger partial charge on any atom is -0.369 e. The number of benzene rings is 1. The Hall–Kier alpha value is -3.18. The minimum absolute atomic E-state index is 0.0408. The van der Waals surface area contributed by atoms with Crippen molar-refractivity contribution in [1.82, 2.24) is 14.9 Å². The van der Waals surface area contributed by atoms with Crippen LogP contribution in [0.2, 0.25) is 0 Å². The van der Waals surface area contributed by atoms with Gasteiger partial charge in [0.05, 0.1) is 16.1 Å². The monoisotopic (exact) mass is 490 g/mol. The van der Waals surface area contributed by atoms with E-state index in [1.807, 2.05) is 19.1 Å². The number of nitrogens with one attached hydrogen (secondary N) is 1. The van der Waals surface area contributed by atoms with Gasteiger partial charge >= 0.3 is 6.18 Å². The van der Waals surface area contributed by atoms with Crippen molar-refractivity contribution in [3.63, 3.8) is 0 Å². The molecule has 0 bridgehead atoms. The minimum atomic E-state index is -4.65. The summed E-state index contributed by atoms with van der Waals surface area (Å²) in [5.74, 6) is -0.671. The molecule has 0 atom stereocenters. The Morgan fingerprint density at radius 1 is 1.21 bits per heavy atom. The zero-order valence-electron chi connectivity index (χ0n) is 18.8. The second-order valence-corrected chi connectivity index (χ2v) is 9.04. The Bertz CT molecular complexity index is 1190. The van der Waals surface area contributed by atoms with Gasteiger partial charge in [-0.2, -0.15) is 13.2 Å². The number of halogens is 3. The SMILES string of the molecule is CCc1cc(N2CCN(C)CC2)ccc1Nc1ncc(C(F)(F)F)c(-c2cc(C(N)=O)cs2)n1. The number of hydrogen-bond donors (Lipinski definition) is 2. The maximum Gasteiger partial charge on any atom is 0.420 e. The van der Waals surface area contributed by atoms with Crippen molar-refractivity contribution in [1.29, 1.82) is 0 Å². The molecule has 1 saturated heterocycles. The van der Waals surface area contributed by atoms with Gasteiger partial charge in [0, 0.05) is 49.1 Å². The fraction of sp³-hybridized carbons (Fsp3) is 0.348. The van der Waals surface area contributed by atoms with E-state index in [1.54, 1.807) is 0 Å². The molecule has 3 heterocycles. The summed E-state index contributed by atoms with van der Waals surface area (Å²) >= 11 is 0.974. The molecule has 11 heteroatoms. The molecule has 7 nitrogen and oxygen atoms in total. The van der Waals surface area contributed by atoms with E-state index in [2.05, 4.69) is 38.2 Å². The van der Waals surface area contributed by atoms with Crippen LogP contribution in [0.1, 0.15) is 28.4 Å². The Morgan fingerprint density at radius 2 is 1.94 bits per heavy atom. The van der Waals surface area contributed by atoms with Crippen molar-refractivity contribution < 1.29 is 18.0 Å². The predicted octanol–water partition coefficient (Wildman–Crippen LogP) is 4.38. The summed E-state index contributed by atoms with van der Waals surface area (Å²) in [6.45, 7) is 5.87. The maximum atomic E-state index is 13.6. The van der Waals surface area contributed by atoms with Crippen LogP contribution in [0, 0.1) is 0 Å². The van der Waals surface area contributed by atoms with Crippen LogP contribution in [0.15, 0.2) is 35.8 Å². The van der Waals surface area contributed by atoms with Crippen LogP contribution in [0.5, 0.6) is 0 Å². The number of aryl methyl sites for hydroxylation is 1. The summed E-state index contributed by atoms with van der Waals surface area (Å²) in [6.07, 6.45) is -3.16. The quantitative estimate of drug-likeness (QED) is 0.533. The van der Waals surface area contributed by atoms with E-state index in [0.29, 0.717) is 0 Å². The van der Waals surface area contributed by atoms with Gasteiger partial charge in [-0.15, -0.1) is 11.3 Å². The predicted molar refractivity (Wildman–Crippen MR) is 128 cm³/mol. The van der Waals surface area contributed by atoms with Crippen LogP contribution in [-0.2, 0) is 12.6 Å². The first-order valence-electron chi connectivity index (χ1n) is 10.8. The molecule has 0 saturated carbocycles. The van der Waals surface area contributed by atoms with Gasteiger partial charge in [-0.25, -0.2) is 9.97 Å². The first-order valence-corrected chi connectivity index (χ1v) is 11.7. The van der Waals surface area contributed by atoms with E-state index >= 15 is 0 Å². The number of thiophene rings is 1. The fourth-order valence-electron chi connectivity index (χ4n) is 3.80. The number of carbonyl (C=O) groups is 1. The normalized spacial score (nSPS) is 14.9. The van der Waals surface area contributed by atoms with Crippen LogP contribution in [0.25, 0.3) is 10.6 Å². The lowest BCUT2D eigenvalue weighted by Gasteiger charge is -2.34. The highest BCUT2D eigenvalue weighted by molar-refractivity contribution is 7.13. The van der Waals surface area contributed by atoms with E-state index in [0.717, 1.165) is 67.1 Å². The fourth-order valence-corrected chi connectivity index (χ4v) is 4.70. The van der Waals surface area contributed by atoms with Crippen molar-refractivity contribution in [3.05, 3.63) is 52.5 Å². The summed E-state index contributed by atoms with van der Waals surface area (Å²) in [4.78, 5) is 24.3. The summed E-state index contributed by atoms with van der Waals surface area (Å²) in [5, 5.41) is 4.49. The number of nitrogens with two attached hydrogens (primary N) is 1. The van der Waals surface area contributed by atoms with Crippen LogP contribution in [-0.4, -0.2) is 54.0 Å². The molecule has 34 heavy (non-hydrogen) atoms. The van der Waals surface area contributed by atoms with E-state index in [-0.39, 0.29) is 22.1 Å². The van der Waals surface area contributed by atoms with Gasteiger partial charge < -0.3 is 20.9 Å². The molecule has 1 aromatic carbocycles. The van der Waals surface area contributed by atoms with Crippen molar-refractivity contribution in [3.8, 4) is 10.6 Å². The molecule has 0 radical (unpaired) electrons. The number of aromatic nitrogens is 2. The Labute approximate surface area is 199 Å². The highest BCUT2D eigenvalue weighted by Crippen LogP contribution is 2.38. The van der Waals surface area contributed by atoms with Crippen LogP contribution < -0.4 is 16.0 Å². The summed E-state index contributed by atoms with van der Waals surface area (Å²) < 4.78 is 40.9. The van der Waals surface area contributed by atoms with Crippen molar-refractivity contribution >= 4 is 34.6 Å². The molecule has 2 aromatic heterocycles. The van der Waals surface area contributed by atoms with E-state index < -0.39 is 17.6 Å². The second kappa shape index (κ2) is 9.59. The smallest absolute Gasteiger partial charge is 0.369 e. The van der Waals surface area contributed by atoms with Crippen molar-refractivity contribution in [2.24, 2.45) is 5.73 Å². The lowest BCUT2D eigenvalue weighted by atomic mass is 10.1. The molecule has 0 spiro atoms. The summed E-state index contributed by atoms with van der Waals surface area (Å²) in [6, 6.07) is 7.31. The number of piperazine rings is 1. The molecule has 3 aromatic rings. The van der Waals surface area contributed by atoms with Gasteiger partial charge in [-0.1, -0.05) is 6.92 Å². The standard InChI is InChI=1S/C23H25F3N6OS/c1-3-14-10-16(32-8-6-31(2)7-9-32)4-5-18(14)29-22-28-12-17(23(24,25)26)20(30-22)19-11-15(13-34-19)21(27)33/h4-5,10-13H,3,6-9H2,1-2H3,(H2,27,33)(H,28,29,30). The number of alkyl halides is 3. The number of likely N-dealkylation sites (N-methyl/N-ethyl adjacent to an activating group) is 1. The molecule has 4 rings (SSSR count). The van der Waals surface area contributed by atoms with E-state index in [4.69, 9.17) is 5.73 Å². The molecule has 1 aliphatic rings. The zero-order valence-corrected chi connectivity index (χ0v) is 19.6. The first kappa shape index (κ1) is 24.0. The highest BCUT2D eigenvalue weighted by Gasteiger charge is 2.36. The molecular weight excluding hydrogens is 465 g/mol.